The highest BCUT2D eigenvalue weighted by Gasteiger charge is 2.27. The Kier molecular flexibility index (Phi) is 6.57. The number of hydrogen-bond acceptors (Lipinski definition) is 3. The highest BCUT2D eigenvalue weighted by molar-refractivity contribution is 6.30. The van der Waals surface area contributed by atoms with Crippen molar-refractivity contribution in [2.75, 3.05) is 26.2 Å². The van der Waals surface area contributed by atoms with Crippen LogP contribution >= 0.6 is 11.6 Å². The summed E-state index contributed by atoms with van der Waals surface area (Å²) < 4.78 is 1.76. The molecule has 30 heavy (non-hydrogen) atoms. The van der Waals surface area contributed by atoms with E-state index in [-0.39, 0.29) is 11.9 Å². The molecule has 2 saturated heterocycles. The first-order valence-electron chi connectivity index (χ1n) is 10.7. The van der Waals surface area contributed by atoms with Crippen molar-refractivity contribution in [3.8, 4) is 5.69 Å². The standard InChI is InChI=1S/C22H28ClN5O2/c23-19-3-5-20(6-4-19)28-16-18(15-25-28)14-24-22(30)27-11-7-17(8-12-27)13-21(29)26-9-1-2-10-26/h3-6,15-17H,1-2,7-14H2,(H,24,30). The van der Waals surface area contributed by atoms with Crippen LogP contribution in [0.25, 0.3) is 5.69 Å². The molecule has 0 aliphatic carbocycles. The summed E-state index contributed by atoms with van der Waals surface area (Å²) in [4.78, 5) is 28.7. The van der Waals surface area contributed by atoms with Gasteiger partial charge in [-0.1, -0.05) is 11.6 Å². The van der Waals surface area contributed by atoms with Gasteiger partial charge in [0.15, 0.2) is 0 Å². The lowest BCUT2D eigenvalue weighted by Gasteiger charge is -2.32. The first kappa shape index (κ1) is 20.7. The molecule has 1 aromatic heterocycles. The molecule has 0 saturated carbocycles. The summed E-state index contributed by atoms with van der Waals surface area (Å²) in [7, 11) is 0. The molecule has 1 aromatic carbocycles. The van der Waals surface area contributed by atoms with E-state index in [1.54, 1.807) is 10.9 Å². The van der Waals surface area contributed by atoms with Gasteiger partial charge in [-0.25, -0.2) is 9.48 Å². The topological polar surface area (TPSA) is 70.5 Å². The fourth-order valence-corrected chi connectivity index (χ4v) is 4.28. The normalized spacial score (nSPS) is 17.4. The number of urea groups is 1. The average Bonchev–Trinajstić information content (AvgIpc) is 3.45. The number of rotatable bonds is 5. The van der Waals surface area contributed by atoms with Crippen molar-refractivity contribution in [1.82, 2.24) is 24.9 Å². The van der Waals surface area contributed by atoms with E-state index >= 15 is 0 Å². The molecular formula is C22H28ClN5O2. The highest BCUT2D eigenvalue weighted by Crippen LogP contribution is 2.23. The van der Waals surface area contributed by atoms with Gasteiger partial charge >= 0.3 is 6.03 Å². The van der Waals surface area contributed by atoms with Gasteiger partial charge in [0.2, 0.25) is 5.91 Å². The molecule has 2 aliphatic rings. The zero-order chi connectivity index (χ0) is 20.9. The molecular weight excluding hydrogens is 402 g/mol. The van der Waals surface area contributed by atoms with E-state index in [9.17, 15) is 9.59 Å². The molecule has 2 aliphatic heterocycles. The van der Waals surface area contributed by atoms with Crippen molar-refractivity contribution < 1.29 is 9.59 Å². The fourth-order valence-electron chi connectivity index (χ4n) is 4.16. The lowest BCUT2D eigenvalue weighted by molar-refractivity contribution is -0.131. The maximum absolute atomic E-state index is 12.5. The van der Waals surface area contributed by atoms with Crippen molar-refractivity contribution >= 4 is 23.5 Å². The van der Waals surface area contributed by atoms with E-state index in [2.05, 4.69) is 10.4 Å². The lowest BCUT2D eigenvalue weighted by atomic mass is 9.93. The van der Waals surface area contributed by atoms with Crippen LogP contribution in [0.1, 0.15) is 37.7 Å². The van der Waals surface area contributed by atoms with Gasteiger partial charge < -0.3 is 15.1 Å². The van der Waals surface area contributed by atoms with Crippen LogP contribution in [0.5, 0.6) is 0 Å². The van der Waals surface area contributed by atoms with Gasteiger partial charge in [0.25, 0.3) is 0 Å². The molecule has 4 rings (SSSR count). The molecule has 3 amide bonds. The monoisotopic (exact) mass is 429 g/mol. The number of hydrogen-bond donors (Lipinski definition) is 1. The largest absolute Gasteiger partial charge is 0.343 e. The van der Waals surface area contributed by atoms with Crippen LogP contribution in [0, 0.1) is 5.92 Å². The van der Waals surface area contributed by atoms with Crippen LogP contribution in [0.2, 0.25) is 5.02 Å². The van der Waals surface area contributed by atoms with Gasteiger partial charge in [-0.15, -0.1) is 0 Å². The molecule has 0 radical (unpaired) electrons. The van der Waals surface area contributed by atoms with Gasteiger partial charge in [0, 0.05) is 55.9 Å². The van der Waals surface area contributed by atoms with E-state index in [0.29, 0.717) is 37.0 Å². The first-order valence-corrected chi connectivity index (χ1v) is 11.1. The number of carbonyl (C=O) groups excluding carboxylic acids is 2. The number of nitrogens with one attached hydrogen (secondary N) is 1. The summed E-state index contributed by atoms with van der Waals surface area (Å²) >= 11 is 5.93. The minimum absolute atomic E-state index is 0.0569. The van der Waals surface area contributed by atoms with Crippen LogP contribution in [0.4, 0.5) is 4.79 Å². The third-order valence-corrected chi connectivity index (χ3v) is 6.25. The lowest BCUT2D eigenvalue weighted by Crippen LogP contribution is -2.44. The minimum Gasteiger partial charge on any atom is -0.343 e. The van der Waals surface area contributed by atoms with Crippen molar-refractivity contribution in [3.63, 3.8) is 0 Å². The number of benzene rings is 1. The Labute approximate surface area is 182 Å². The van der Waals surface area contributed by atoms with E-state index in [1.165, 1.54) is 0 Å². The Morgan fingerprint density at radius 2 is 1.73 bits per heavy atom. The quantitative estimate of drug-likeness (QED) is 0.791. The molecule has 0 spiro atoms. The fraction of sp³-hybridized carbons (Fsp3) is 0.500. The Morgan fingerprint density at radius 3 is 2.43 bits per heavy atom. The third kappa shape index (κ3) is 5.14. The number of piperidine rings is 1. The molecule has 8 heteroatoms. The summed E-state index contributed by atoms with van der Waals surface area (Å²) in [6.07, 6.45) is 8.32. The van der Waals surface area contributed by atoms with Crippen molar-refractivity contribution in [3.05, 3.63) is 47.2 Å². The predicted molar refractivity (Wildman–Crippen MR) is 116 cm³/mol. The summed E-state index contributed by atoms with van der Waals surface area (Å²) in [5.74, 6) is 0.674. The number of carbonyl (C=O) groups is 2. The number of nitrogens with zero attached hydrogens (tertiary/aromatic N) is 4. The Morgan fingerprint density at radius 1 is 1.03 bits per heavy atom. The number of amides is 3. The van der Waals surface area contributed by atoms with Crippen molar-refractivity contribution in [2.24, 2.45) is 5.92 Å². The molecule has 0 bridgehead atoms. The average molecular weight is 430 g/mol. The van der Waals surface area contributed by atoms with Crippen molar-refractivity contribution in [2.45, 2.75) is 38.6 Å². The Balaban J connectivity index is 1.21. The zero-order valence-electron chi connectivity index (χ0n) is 17.1. The van der Waals surface area contributed by atoms with E-state index in [4.69, 9.17) is 11.6 Å². The van der Waals surface area contributed by atoms with Gasteiger partial charge in [0.05, 0.1) is 11.9 Å². The first-order chi connectivity index (χ1) is 14.6. The van der Waals surface area contributed by atoms with E-state index in [1.807, 2.05) is 40.3 Å². The van der Waals surface area contributed by atoms with Crippen LogP contribution in [-0.4, -0.2) is 57.7 Å². The SMILES string of the molecule is O=C(CC1CCN(C(=O)NCc2cnn(-c3ccc(Cl)cc3)c2)CC1)N1CCCC1. The molecule has 2 aromatic rings. The van der Waals surface area contributed by atoms with Crippen LogP contribution in [0.3, 0.4) is 0 Å². The van der Waals surface area contributed by atoms with E-state index < -0.39 is 0 Å². The summed E-state index contributed by atoms with van der Waals surface area (Å²) in [5.41, 5.74) is 1.85. The van der Waals surface area contributed by atoms with Crippen molar-refractivity contribution in [1.29, 1.82) is 0 Å². The highest BCUT2D eigenvalue weighted by atomic mass is 35.5. The van der Waals surface area contributed by atoms with Gasteiger partial charge in [-0.2, -0.15) is 5.10 Å². The summed E-state index contributed by atoms with van der Waals surface area (Å²) in [5, 5.41) is 8.01. The zero-order valence-corrected chi connectivity index (χ0v) is 17.9. The number of likely N-dealkylation sites (tertiary alicyclic amines) is 2. The van der Waals surface area contributed by atoms with Gasteiger partial charge in [0.1, 0.15) is 0 Å². The van der Waals surface area contributed by atoms with Crippen LogP contribution < -0.4 is 5.32 Å². The molecule has 1 N–H and O–H groups in total. The Hall–Kier alpha value is -2.54. The number of halogens is 1. The van der Waals surface area contributed by atoms with Crippen LogP contribution in [0.15, 0.2) is 36.7 Å². The van der Waals surface area contributed by atoms with E-state index in [0.717, 1.165) is 50.0 Å². The second kappa shape index (κ2) is 9.51. The third-order valence-electron chi connectivity index (χ3n) is 5.99. The molecule has 0 unspecified atom stereocenters. The van der Waals surface area contributed by atoms with Gasteiger partial charge in [-0.3, -0.25) is 4.79 Å². The maximum Gasteiger partial charge on any atom is 0.317 e. The Bertz CT molecular complexity index is 868. The smallest absolute Gasteiger partial charge is 0.317 e. The number of aromatic nitrogens is 2. The second-order valence-corrected chi connectivity index (χ2v) is 8.59. The summed E-state index contributed by atoms with van der Waals surface area (Å²) in [6.45, 7) is 3.66. The maximum atomic E-state index is 12.5. The molecule has 7 nitrogen and oxygen atoms in total. The predicted octanol–water partition coefficient (Wildman–Crippen LogP) is 3.46. The minimum atomic E-state index is -0.0569. The molecule has 0 atom stereocenters. The second-order valence-electron chi connectivity index (χ2n) is 8.15. The van der Waals surface area contributed by atoms with Crippen LogP contribution in [-0.2, 0) is 11.3 Å². The van der Waals surface area contributed by atoms with Gasteiger partial charge in [-0.05, 0) is 55.9 Å². The molecule has 3 heterocycles. The molecule has 2 fully saturated rings. The summed E-state index contributed by atoms with van der Waals surface area (Å²) in [6, 6.07) is 7.38. The molecule has 160 valence electrons.